The van der Waals surface area contributed by atoms with E-state index >= 15 is 0 Å². The van der Waals surface area contributed by atoms with Crippen LogP contribution in [0.5, 0.6) is 0 Å². The van der Waals surface area contributed by atoms with Crippen LogP contribution in [0.15, 0.2) is 12.1 Å². The molecule has 0 aliphatic rings. The zero-order valence-electron chi connectivity index (χ0n) is 8.04. The second-order valence-electron chi connectivity index (χ2n) is 3.23. The lowest BCUT2D eigenvalue weighted by molar-refractivity contribution is -0.387. The first kappa shape index (κ1) is 11.5. The molecule has 6 heteroatoms. The van der Waals surface area contributed by atoms with E-state index in [0.29, 0.717) is 5.56 Å². The van der Waals surface area contributed by atoms with E-state index in [2.05, 4.69) is 0 Å². The summed E-state index contributed by atoms with van der Waals surface area (Å²) in [7, 11) is 0. The van der Waals surface area contributed by atoms with Crippen LogP contribution >= 0.6 is 0 Å². The van der Waals surface area contributed by atoms with E-state index in [-0.39, 0.29) is 12.5 Å². The van der Waals surface area contributed by atoms with Crippen LogP contribution in [0.4, 0.5) is 14.5 Å². The molecule has 0 heterocycles. The van der Waals surface area contributed by atoms with Gasteiger partial charge in [-0.2, -0.15) is 4.39 Å². The summed E-state index contributed by atoms with van der Waals surface area (Å²) in [5.41, 5.74) is 4.80. The van der Waals surface area contributed by atoms with Crippen LogP contribution in [0.3, 0.4) is 0 Å². The Hall–Kier alpha value is -1.56. The summed E-state index contributed by atoms with van der Waals surface area (Å²) in [4.78, 5) is 9.45. The quantitative estimate of drug-likeness (QED) is 0.620. The van der Waals surface area contributed by atoms with Gasteiger partial charge in [0.05, 0.1) is 4.92 Å². The van der Waals surface area contributed by atoms with Crippen molar-refractivity contribution < 1.29 is 13.7 Å². The molecule has 0 aromatic heterocycles. The Balaban J connectivity index is 3.29. The van der Waals surface area contributed by atoms with Crippen LogP contribution < -0.4 is 5.73 Å². The maximum Gasteiger partial charge on any atom is 0.308 e. The Labute approximate surface area is 84.9 Å². The molecule has 1 rings (SSSR count). The van der Waals surface area contributed by atoms with E-state index in [1.165, 1.54) is 0 Å². The molecule has 1 aromatic carbocycles. The number of hydrogen-bond donors (Lipinski definition) is 1. The molecule has 2 N–H and O–H groups in total. The number of hydrogen-bond acceptors (Lipinski definition) is 3. The van der Waals surface area contributed by atoms with Crippen molar-refractivity contribution in [1.82, 2.24) is 0 Å². The zero-order valence-corrected chi connectivity index (χ0v) is 8.04. The predicted octanol–water partition coefficient (Wildman–Crippen LogP) is 1.94. The maximum absolute atomic E-state index is 13.0. The summed E-state index contributed by atoms with van der Waals surface area (Å²) >= 11 is 0. The Morgan fingerprint density at radius 1 is 1.53 bits per heavy atom. The topological polar surface area (TPSA) is 69.2 Å². The maximum atomic E-state index is 13.0. The van der Waals surface area contributed by atoms with Gasteiger partial charge < -0.3 is 5.73 Å². The fourth-order valence-corrected chi connectivity index (χ4v) is 1.15. The van der Waals surface area contributed by atoms with Gasteiger partial charge in [-0.05, 0) is 24.1 Å². The third-order valence-corrected chi connectivity index (χ3v) is 2.15. The van der Waals surface area contributed by atoms with Crippen LogP contribution in [-0.2, 0) is 0 Å². The minimum Gasteiger partial charge on any atom is -0.330 e. The molecule has 0 spiro atoms. The first-order valence-corrected chi connectivity index (χ1v) is 4.30. The lowest BCUT2D eigenvalue weighted by Gasteiger charge is -2.08. The normalized spacial score (nSPS) is 12.5. The minimum atomic E-state index is -1.44. The highest BCUT2D eigenvalue weighted by molar-refractivity contribution is 5.38. The molecule has 15 heavy (non-hydrogen) atoms. The van der Waals surface area contributed by atoms with Gasteiger partial charge in [-0.15, -0.1) is 0 Å². The van der Waals surface area contributed by atoms with Crippen molar-refractivity contribution in [2.24, 2.45) is 5.73 Å². The van der Waals surface area contributed by atoms with Gasteiger partial charge in [0, 0.05) is 6.07 Å². The second-order valence-corrected chi connectivity index (χ2v) is 3.23. The molecule has 0 saturated carbocycles. The highest BCUT2D eigenvalue weighted by atomic mass is 19.2. The largest absolute Gasteiger partial charge is 0.330 e. The van der Waals surface area contributed by atoms with Gasteiger partial charge >= 0.3 is 5.69 Å². The highest BCUT2D eigenvalue weighted by Gasteiger charge is 2.21. The minimum absolute atomic E-state index is 0.211. The molecule has 0 aliphatic carbocycles. The summed E-state index contributed by atoms with van der Waals surface area (Å²) in [6.45, 7) is 1.89. The SMILES string of the molecule is CC(CN)c1cc(F)c(F)c([N+](=O)[O-])c1. The fraction of sp³-hybridized carbons (Fsp3) is 0.333. The average molecular weight is 216 g/mol. The van der Waals surface area contributed by atoms with Gasteiger partial charge in [0.1, 0.15) is 0 Å². The van der Waals surface area contributed by atoms with Crippen LogP contribution in [0, 0.1) is 21.7 Å². The van der Waals surface area contributed by atoms with Gasteiger partial charge in [-0.25, -0.2) is 4.39 Å². The Morgan fingerprint density at radius 2 is 2.13 bits per heavy atom. The molecule has 0 amide bonds. The molecule has 0 saturated heterocycles. The first-order chi connectivity index (χ1) is 6.97. The Kier molecular flexibility index (Phi) is 3.31. The van der Waals surface area contributed by atoms with Gasteiger partial charge in [0.2, 0.25) is 5.82 Å². The molecule has 0 fully saturated rings. The van der Waals surface area contributed by atoms with Crippen LogP contribution in [-0.4, -0.2) is 11.5 Å². The summed E-state index contributed by atoms with van der Waals surface area (Å²) < 4.78 is 25.9. The lowest BCUT2D eigenvalue weighted by Crippen LogP contribution is -2.10. The third-order valence-electron chi connectivity index (χ3n) is 2.15. The van der Waals surface area contributed by atoms with Crippen molar-refractivity contribution in [2.45, 2.75) is 12.8 Å². The van der Waals surface area contributed by atoms with Gasteiger partial charge in [0.15, 0.2) is 5.82 Å². The molecule has 1 atom stereocenters. The van der Waals surface area contributed by atoms with Gasteiger partial charge in [-0.1, -0.05) is 6.92 Å². The standard InChI is InChI=1S/C9H10F2N2O2/c1-5(4-12)6-2-7(10)9(11)8(3-6)13(14)15/h2-3,5H,4,12H2,1H3. The van der Waals surface area contributed by atoms with Crippen LogP contribution in [0.2, 0.25) is 0 Å². The van der Waals surface area contributed by atoms with E-state index in [4.69, 9.17) is 5.73 Å². The first-order valence-electron chi connectivity index (χ1n) is 4.30. The van der Waals surface area contributed by atoms with Gasteiger partial charge in [-0.3, -0.25) is 10.1 Å². The van der Waals surface area contributed by atoms with Crippen molar-refractivity contribution in [3.8, 4) is 0 Å². The van der Waals surface area contributed by atoms with Crippen LogP contribution in [0.25, 0.3) is 0 Å². The second kappa shape index (κ2) is 4.31. The lowest BCUT2D eigenvalue weighted by atomic mass is 10.0. The highest BCUT2D eigenvalue weighted by Crippen LogP contribution is 2.25. The Bertz CT molecular complexity index is 396. The predicted molar refractivity (Wildman–Crippen MR) is 50.5 cm³/mol. The molecular weight excluding hydrogens is 206 g/mol. The molecule has 82 valence electrons. The van der Waals surface area contributed by atoms with Crippen molar-refractivity contribution in [3.63, 3.8) is 0 Å². The number of nitrogens with zero attached hydrogens (tertiary/aromatic N) is 1. The number of rotatable bonds is 3. The van der Waals surface area contributed by atoms with Crippen LogP contribution in [0.1, 0.15) is 18.4 Å². The smallest absolute Gasteiger partial charge is 0.308 e. The zero-order chi connectivity index (χ0) is 11.6. The van der Waals surface area contributed by atoms with E-state index in [1.54, 1.807) is 6.92 Å². The molecular formula is C9H10F2N2O2. The number of benzene rings is 1. The molecule has 0 bridgehead atoms. The molecule has 0 radical (unpaired) electrons. The summed E-state index contributed by atoms with van der Waals surface area (Å²) in [5.74, 6) is -2.91. The van der Waals surface area contributed by atoms with Crippen molar-refractivity contribution >= 4 is 5.69 Å². The summed E-state index contributed by atoms with van der Waals surface area (Å²) in [6, 6.07) is 1.94. The monoisotopic (exact) mass is 216 g/mol. The van der Waals surface area contributed by atoms with E-state index in [1.807, 2.05) is 0 Å². The fourth-order valence-electron chi connectivity index (χ4n) is 1.15. The third kappa shape index (κ3) is 2.27. The van der Waals surface area contributed by atoms with E-state index < -0.39 is 22.2 Å². The van der Waals surface area contributed by atoms with Gasteiger partial charge in [0.25, 0.3) is 0 Å². The summed E-state index contributed by atoms with van der Waals surface area (Å²) in [6.07, 6.45) is 0. The molecule has 0 aliphatic heterocycles. The molecule has 1 unspecified atom stereocenters. The van der Waals surface area contributed by atoms with Crippen molar-refractivity contribution in [2.75, 3.05) is 6.54 Å². The number of nitrogens with two attached hydrogens (primary N) is 1. The number of nitro benzene ring substituents is 1. The van der Waals surface area contributed by atoms with Crippen molar-refractivity contribution in [3.05, 3.63) is 39.4 Å². The molecule has 1 aromatic rings. The average Bonchev–Trinajstić information content (AvgIpc) is 2.20. The number of halogens is 2. The van der Waals surface area contributed by atoms with E-state index in [9.17, 15) is 18.9 Å². The molecule has 4 nitrogen and oxygen atoms in total. The number of nitro groups is 1. The van der Waals surface area contributed by atoms with Crippen molar-refractivity contribution in [1.29, 1.82) is 0 Å². The Morgan fingerprint density at radius 3 is 2.60 bits per heavy atom. The van der Waals surface area contributed by atoms with E-state index in [0.717, 1.165) is 12.1 Å². The summed E-state index contributed by atoms with van der Waals surface area (Å²) in [5, 5.41) is 10.4.